The third-order valence-electron chi connectivity index (χ3n) is 3.83. The lowest BCUT2D eigenvalue weighted by Crippen LogP contribution is -2.24. The molecule has 7 nitrogen and oxygen atoms in total. The first-order valence-corrected chi connectivity index (χ1v) is 8.93. The minimum Gasteiger partial charge on any atom is -0.456 e. The Kier molecular flexibility index (Phi) is 7.88. The summed E-state index contributed by atoms with van der Waals surface area (Å²) in [5, 5.41) is 2.62. The molecule has 0 radical (unpaired) electrons. The summed E-state index contributed by atoms with van der Waals surface area (Å²) in [6.45, 7) is 6.60. The predicted molar refractivity (Wildman–Crippen MR) is 109 cm³/mol. The third kappa shape index (κ3) is 7.44. The number of aliphatic imine (C=N–C) groups is 1. The summed E-state index contributed by atoms with van der Waals surface area (Å²) < 4.78 is 10.1. The molecule has 150 valence electrons. The van der Waals surface area contributed by atoms with Gasteiger partial charge in [0.2, 0.25) is 6.08 Å². The number of hydrogen-bond donors (Lipinski definition) is 1. The summed E-state index contributed by atoms with van der Waals surface area (Å²) in [6, 6.07) is 14.6. The van der Waals surface area contributed by atoms with E-state index in [9.17, 15) is 14.4 Å². The van der Waals surface area contributed by atoms with Crippen LogP contribution >= 0.6 is 0 Å². The number of amides is 1. The number of benzene rings is 2. The second kappa shape index (κ2) is 10.6. The molecule has 0 aliphatic carbocycles. The molecule has 1 amide bonds. The van der Waals surface area contributed by atoms with Gasteiger partial charge in [0.1, 0.15) is 12.7 Å². The van der Waals surface area contributed by atoms with E-state index >= 15 is 0 Å². The number of hydrogen-bond acceptors (Lipinski definition) is 6. The van der Waals surface area contributed by atoms with Crippen molar-refractivity contribution in [2.75, 3.05) is 11.9 Å². The highest BCUT2D eigenvalue weighted by molar-refractivity contribution is 5.87. The zero-order valence-electron chi connectivity index (χ0n) is 16.3. The Morgan fingerprint density at radius 3 is 2.24 bits per heavy atom. The zero-order chi connectivity index (χ0) is 21.2. The molecule has 0 heterocycles. The molecular formula is C22H22N2O5. The minimum atomic E-state index is -0.637. The standard InChI is InChI=1S/C22H22N2O5/c1-15(2)21(26)29-16(3)13-28-22(27)24-20-10-6-18(7-11-20)12-17-4-8-19(9-5-17)23-14-25/h4-11,16H,1,12-13H2,2-3H3,(H,24,27). The molecular weight excluding hydrogens is 372 g/mol. The van der Waals surface area contributed by atoms with Gasteiger partial charge in [-0.05, 0) is 55.7 Å². The maximum Gasteiger partial charge on any atom is 0.411 e. The van der Waals surface area contributed by atoms with Gasteiger partial charge in [0.25, 0.3) is 0 Å². The van der Waals surface area contributed by atoms with Crippen LogP contribution in [0.15, 0.2) is 65.7 Å². The first-order valence-electron chi connectivity index (χ1n) is 8.93. The maximum absolute atomic E-state index is 11.9. The second-order valence-electron chi connectivity index (χ2n) is 6.46. The largest absolute Gasteiger partial charge is 0.456 e. The fraction of sp³-hybridized carbons (Fsp3) is 0.227. The lowest BCUT2D eigenvalue weighted by atomic mass is 10.0. The van der Waals surface area contributed by atoms with Gasteiger partial charge < -0.3 is 9.47 Å². The summed E-state index contributed by atoms with van der Waals surface area (Å²) in [5.41, 5.74) is 3.54. The highest BCUT2D eigenvalue weighted by atomic mass is 16.6. The molecule has 0 aliphatic heterocycles. The van der Waals surface area contributed by atoms with Crippen molar-refractivity contribution in [3.63, 3.8) is 0 Å². The van der Waals surface area contributed by atoms with Gasteiger partial charge in [0.05, 0.1) is 5.69 Å². The molecule has 1 atom stereocenters. The number of nitrogens with one attached hydrogen (secondary N) is 1. The van der Waals surface area contributed by atoms with Crippen molar-refractivity contribution >= 4 is 29.5 Å². The van der Waals surface area contributed by atoms with Crippen LogP contribution in [0.2, 0.25) is 0 Å². The number of carbonyl (C=O) groups excluding carboxylic acids is 3. The molecule has 0 saturated heterocycles. The zero-order valence-corrected chi connectivity index (χ0v) is 16.3. The van der Waals surface area contributed by atoms with Gasteiger partial charge in [0.15, 0.2) is 0 Å². The van der Waals surface area contributed by atoms with Crippen LogP contribution in [0.25, 0.3) is 0 Å². The molecule has 0 spiro atoms. The average Bonchev–Trinajstić information content (AvgIpc) is 2.69. The van der Waals surface area contributed by atoms with E-state index in [-0.39, 0.29) is 12.2 Å². The van der Waals surface area contributed by atoms with E-state index in [4.69, 9.17) is 9.47 Å². The van der Waals surface area contributed by atoms with E-state index < -0.39 is 18.2 Å². The molecule has 1 unspecified atom stereocenters. The molecule has 0 fully saturated rings. The van der Waals surface area contributed by atoms with Crippen molar-refractivity contribution in [1.29, 1.82) is 0 Å². The van der Waals surface area contributed by atoms with Gasteiger partial charge in [-0.3, -0.25) is 5.32 Å². The van der Waals surface area contributed by atoms with Crippen molar-refractivity contribution in [1.82, 2.24) is 0 Å². The molecule has 7 heteroatoms. The fourth-order valence-electron chi connectivity index (χ4n) is 2.35. The predicted octanol–water partition coefficient (Wildman–Crippen LogP) is 4.30. The molecule has 0 aliphatic rings. The normalized spacial score (nSPS) is 11.0. The van der Waals surface area contributed by atoms with E-state index in [1.807, 2.05) is 24.3 Å². The van der Waals surface area contributed by atoms with Crippen LogP contribution in [0.4, 0.5) is 16.2 Å². The highest BCUT2D eigenvalue weighted by Crippen LogP contribution is 2.17. The summed E-state index contributed by atoms with van der Waals surface area (Å²) in [6.07, 6.45) is 0.993. The van der Waals surface area contributed by atoms with E-state index in [0.717, 1.165) is 11.1 Å². The number of rotatable bonds is 8. The fourth-order valence-corrected chi connectivity index (χ4v) is 2.35. The lowest BCUT2D eigenvalue weighted by molar-refractivity contribution is -0.145. The van der Waals surface area contributed by atoms with Crippen LogP contribution in [0.3, 0.4) is 0 Å². The molecule has 0 aromatic heterocycles. The van der Waals surface area contributed by atoms with Crippen LogP contribution in [0.1, 0.15) is 25.0 Å². The summed E-state index contributed by atoms with van der Waals surface area (Å²) >= 11 is 0. The molecule has 2 rings (SSSR count). The van der Waals surface area contributed by atoms with Crippen LogP contribution in [0, 0.1) is 0 Å². The van der Waals surface area contributed by atoms with Gasteiger partial charge >= 0.3 is 12.1 Å². The third-order valence-corrected chi connectivity index (χ3v) is 3.83. The lowest BCUT2D eigenvalue weighted by Gasteiger charge is -2.14. The number of ether oxygens (including phenoxy) is 2. The molecule has 29 heavy (non-hydrogen) atoms. The Hall–Kier alpha value is -3.70. The Balaban J connectivity index is 1.82. The van der Waals surface area contributed by atoms with Gasteiger partial charge in [-0.15, -0.1) is 0 Å². The van der Waals surface area contributed by atoms with E-state index in [1.165, 1.54) is 6.08 Å². The number of isocyanates is 1. The molecule has 1 N–H and O–H groups in total. The van der Waals surface area contributed by atoms with E-state index in [0.29, 0.717) is 17.8 Å². The summed E-state index contributed by atoms with van der Waals surface area (Å²) in [7, 11) is 0. The van der Waals surface area contributed by atoms with Gasteiger partial charge in [-0.25, -0.2) is 14.4 Å². The van der Waals surface area contributed by atoms with Gasteiger partial charge in [-0.2, -0.15) is 4.99 Å². The molecule has 0 saturated carbocycles. The second-order valence-corrected chi connectivity index (χ2v) is 6.46. The Bertz CT molecular complexity index is 913. The number of nitrogens with zero attached hydrogens (tertiary/aromatic N) is 1. The Morgan fingerprint density at radius 2 is 1.69 bits per heavy atom. The smallest absolute Gasteiger partial charge is 0.411 e. The first-order chi connectivity index (χ1) is 13.9. The van der Waals surface area contributed by atoms with Crippen molar-refractivity contribution in [3.8, 4) is 0 Å². The SMILES string of the molecule is C=C(C)C(=O)OC(C)COC(=O)Nc1ccc(Cc2ccc(N=C=O)cc2)cc1. The minimum absolute atomic E-state index is 0.0624. The first kappa shape index (κ1) is 21.6. The summed E-state index contributed by atoms with van der Waals surface area (Å²) in [4.78, 5) is 37.1. The Labute approximate surface area is 169 Å². The molecule has 2 aromatic rings. The summed E-state index contributed by atoms with van der Waals surface area (Å²) in [5.74, 6) is -0.525. The van der Waals surface area contributed by atoms with E-state index in [1.54, 1.807) is 38.1 Å². The monoisotopic (exact) mass is 394 g/mol. The topological polar surface area (TPSA) is 94.1 Å². The number of esters is 1. The van der Waals surface area contributed by atoms with E-state index in [2.05, 4.69) is 16.9 Å². The Morgan fingerprint density at radius 1 is 1.10 bits per heavy atom. The van der Waals surface area contributed by atoms with Crippen LogP contribution in [-0.4, -0.2) is 30.9 Å². The quantitative estimate of drug-likeness (QED) is 0.312. The van der Waals surface area contributed by atoms with Gasteiger partial charge in [0, 0.05) is 11.3 Å². The van der Waals surface area contributed by atoms with Crippen molar-refractivity contribution in [3.05, 3.63) is 71.8 Å². The van der Waals surface area contributed by atoms with Crippen LogP contribution in [0.5, 0.6) is 0 Å². The maximum atomic E-state index is 11.9. The van der Waals surface area contributed by atoms with Crippen molar-refractivity contribution < 1.29 is 23.9 Å². The number of anilines is 1. The highest BCUT2D eigenvalue weighted by Gasteiger charge is 2.12. The van der Waals surface area contributed by atoms with Crippen molar-refractivity contribution in [2.45, 2.75) is 26.4 Å². The molecule has 0 bridgehead atoms. The van der Waals surface area contributed by atoms with Crippen LogP contribution in [-0.2, 0) is 25.5 Å². The average molecular weight is 394 g/mol. The molecule has 2 aromatic carbocycles. The number of carbonyl (C=O) groups is 2. The van der Waals surface area contributed by atoms with Gasteiger partial charge in [-0.1, -0.05) is 30.8 Å². The van der Waals surface area contributed by atoms with Crippen molar-refractivity contribution in [2.24, 2.45) is 4.99 Å². The van der Waals surface area contributed by atoms with Crippen LogP contribution < -0.4 is 5.32 Å².